The molecular weight excluding hydrogens is 282 g/mol. The summed E-state index contributed by atoms with van der Waals surface area (Å²) in [6.45, 7) is 1.60. The number of aromatic carboxylic acids is 1. The van der Waals surface area contributed by atoms with Gasteiger partial charge in [-0.1, -0.05) is 5.21 Å². The third-order valence-corrected chi connectivity index (χ3v) is 3.07. The van der Waals surface area contributed by atoms with E-state index in [1.807, 2.05) is 0 Å². The van der Waals surface area contributed by atoms with E-state index in [1.54, 1.807) is 0 Å². The Bertz CT molecular complexity index is 505. The number of hydrogen-bond acceptors (Lipinski definition) is 6. The van der Waals surface area contributed by atoms with E-state index >= 15 is 0 Å². The second kappa shape index (κ2) is 6.99. The lowest BCUT2D eigenvalue weighted by molar-refractivity contribution is -0.00760. The van der Waals surface area contributed by atoms with Crippen LogP contribution < -0.4 is 5.32 Å². The first-order chi connectivity index (χ1) is 10.1. The highest BCUT2D eigenvalue weighted by Gasteiger charge is 2.26. The van der Waals surface area contributed by atoms with Crippen molar-refractivity contribution in [3.05, 3.63) is 11.9 Å². The number of hydrogen-bond donors (Lipinski definition) is 3. The van der Waals surface area contributed by atoms with E-state index < -0.39 is 5.97 Å². The van der Waals surface area contributed by atoms with Crippen LogP contribution in [0.4, 0.5) is 4.79 Å². The van der Waals surface area contributed by atoms with Crippen LogP contribution >= 0.6 is 0 Å². The molecular formula is C11H17N5O5. The maximum Gasteiger partial charge on any atom is 0.358 e. The van der Waals surface area contributed by atoms with E-state index in [9.17, 15) is 14.7 Å². The first kappa shape index (κ1) is 15.2. The second-order valence-electron chi connectivity index (χ2n) is 4.51. The van der Waals surface area contributed by atoms with Gasteiger partial charge in [0, 0.05) is 13.1 Å². The zero-order valence-corrected chi connectivity index (χ0v) is 11.3. The first-order valence-electron chi connectivity index (χ1n) is 6.48. The van der Waals surface area contributed by atoms with Gasteiger partial charge in [0.15, 0.2) is 5.69 Å². The molecule has 0 bridgehead atoms. The number of nitrogens with zero attached hydrogens (tertiary/aromatic N) is 4. The van der Waals surface area contributed by atoms with Crippen molar-refractivity contribution in [2.24, 2.45) is 0 Å². The molecule has 1 fully saturated rings. The van der Waals surface area contributed by atoms with Gasteiger partial charge in [0.2, 0.25) is 0 Å². The van der Waals surface area contributed by atoms with Crippen molar-refractivity contribution in [1.29, 1.82) is 0 Å². The van der Waals surface area contributed by atoms with Crippen LogP contribution in [0.5, 0.6) is 0 Å². The minimum Gasteiger partial charge on any atom is -0.476 e. The third kappa shape index (κ3) is 3.89. The minimum atomic E-state index is -1.15. The Kier molecular flexibility index (Phi) is 5.06. The lowest BCUT2D eigenvalue weighted by Gasteiger charge is -2.34. The number of aliphatic hydroxyl groups is 1. The van der Waals surface area contributed by atoms with E-state index in [2.05, 4.69) is 15.6 Å². The summed E-state index contributed by atoms with van der Waals surface area (Å²) in [5, 5.41) is 27.7. The van der Waals surface area contributed by atoms with Crippen molar-refractivity contribution in [3.63, 3.8) is 0 Å². The Morgan fingerprint density at radius 2 is 2.33 bits per heavy atom. The quantitative estimate of drug-likeness (QED) is 0.595. The predicted octanol–water partition coefficient (Wildman–Crippen LogP) is -1.62. The van der Waals surface area contributed by atoms with E-state index in [0.29, 0.717) is 26.3 Å². The van der Waals surface area contributed by atoms with Crippen molar-refractivity contribution < 1.29 is 24.5 Å². The maximum atomic E-state index is 12.0. The van der Waals surface area contributed by atoms with Crippen molar-refractivity contribution in [2.45, 2.75) is 12.6 Å². The third-order valence-electron chi connectivity index (χ3n) is 3.07. The fourth-order valence-electron chi connectivity index (χ4n) is 1.96. The number of carboxylic acids is 1. The second-order valence-corrected chi connectivity index (χ2v) is 4.51. The Labute approximate surface area is 120 Å². The Balaban J connectivity index is 1.79. The van der Waals surface area contributed by atoms with Crippen LogP contribution in [0.15, 0.2) is 6.20 Å². The van der Waals surface area contributed by atoms with Gasteiger partial charge in [0.25, 0.3) is 0 Å². The van der Waals surface area contributed by atoms with Crippen LogP contribution in [0, 0.1) is 0 Å². The summed E-state index contributed by atoms with van der Waals surface area (Å²) >= 11 is 0. The fraction of sp³-hybridized carbons (Fsp3) is 0.636. The summed E-state index contributed by atoms with van der Waals surface area (Å²) in [4.78, 5) is 24.1. The summed E-state index contributed by atoms with van der Waals surface area (Å²) in [5.74, 6) is -1.15. The zero-order valence-electron chi connectivity index (χ0n) is 11.3. The van der Waals surface area contributed by atoms with Crippen LogP contribution in [0.25, 0.3) is 0 Å². The standard InChI is InChI=1S/C11H17N5O5/c17-6-8-7-21-4-3-16(8)11(20)12-1-2-15-5-9(10(18)19)13-14-15/h5,8,17H,1-4,6-7H2,(H,12,20)(H,18,19). The number of carboxylic acid groups (broad SMARTS) is 1. The van der Waals surface area contributed by atoms with Crippen LogP contribution in [0.1, 0.15) is 10.5 Å². The monoisotopic (exact) mass is 299 g/mol. The van der Waals surface area contributed by atoms with Crippen molar-refractivity contribution in [2.75, 3.05) is 32.9 Å². The molecule has 3 N–H and O–H groups in total. The number of rotatable bonds is 5. The van der Waals surface area contributed by atoms with E-state index in [0.717, 1.165) is 0 Å². The number of amides is 2. The maximum absolute atomic E-state index is 12.0. The number of morpholine rings is 1. The van der Waals surface area contributed by atoms with Crippen molar-refractivity contribution in [1.82, 2.24) is 25.2 Å². The van der Waals surface area contributed by atoms with Crippen LogP contribution in [0.3, 0.4) is 0 Å². The van der Waals surface area contributed by atoms with Gasteiger partial charge in [-0.2, -0.15) is 0 Å². The molecule has 1 unspecified atom stereocenters. The SMILES string of the molecule is O=C(O)c1cn(CCNC(=O)N2CCOCC2CO)nn1. The van der Waals surface area contributed by atoms with Gasteiger partial charge >= 0.3 is 12.0 Å². The molecule has 2 heterocycles. The molecule has 0 saturated carbocycles. The molecule has 1 aliphatic heterocycles. The molecule has 1 aromatic rings. The smallest absolute Gasteiger partial charge is 0.358 e. The molecule has 10 heteroatoms. The number of carbonyl (C=O) groups excluding carboxylic acids is 1. The molecule has 0 aromatic carbocycles. The van der Waals surface area contributed by atoms with E-state index in [1.165, 1.54) is 15.8 Å². The summed E-state index contributed by atoms with van der Waals surface area (Å²) in [6, 6.07) is -0.639. The molecule has 1 aliphatic rings. The zero-order chi connectivity index (χ0) is 15.2. The van der Waals surface area contributed by atoms with Crippen molar-refractivity contribution in [3.8, 4) is 0 Å². The predicted molar refractivity (Wildman–Crippen MR) is 68.8 cm³/mol. The normalized spacial score (nSPS) is 18.5. The molecule has 10 nitrogen and oxygen atoms in total. The molecule has 0 aliphatic carbocycles. The van der Waals surface area contributed by atoms with Gasteiger partial charge in [-0.15, -0.1) is 5.10 Å². The molecule has 0 spiro atoms. The number of nitrogens with one attached hydrogen (secondary N) is 1. The summed E-state index contributed by atoms with van der Waals surface area (Å²) in [6.07, 6.45) is 1.29. The first-order valence-corrected chi connectivity index (χ1v) is 6.48. The highest BCUT2D eigenvalue weighted by atomic mass is 16.5. The Morgan fingerprint density at radius 1 is 1.52 bits per heavy atom. The Hall–Kier alpha value is -2.20. The molecule has 116 valence electrons. The van der Waals surface area contributed by atoms with Gasteiger partial charge < -0.3 is 25.2 Å². The van der Waals surface area contributed by atoms with Crippen LogP contribution in [0.2, 0.25) is 0 Å². The van der Waals surface area contributed by atoms with Crippen LogP contribution in [-0.2, 0) is 11.3 Å². The molecule has 2 amide bonds. The van der Waals surface area contributed by atoms with Crippen LogP contribution in [-0.4, -0.2) is 81.1 Å². The van der Waals surface area contributed by atoms with Gasteiger partial charge in [0.05, 0.1) is 38.6 Å². The van der Waals surface area contributed by atoms with Gasteiger partial charge in [-0.3, -0.25) is 0 Å². The highest BCUT2D eigenvalue weighted by Crippen LogP contribution is 2.06. The largest absolute Gasteiger partial charge is 0.476 e. The Morgan fingerprint density at radius 3 is 3.00 bits per heavy atom. The molecule has 0 radical (unpaired) electrons. The lowest BCUT2D eigenvalue weighted by atomic mass is 10.2. The van der Waals surface area contributed by atoms with Gasteiger partial charge in [-0.05, 0) is 0 Å². The number of urea groups is 1. The highest BCUT2D eigenvalue weighted by molar-refractivity contribution is 5.84. The molecule has 2 rings (SSSR count). The van der Waals surface area contributed by atoms with Gasteiger partial charge in [0.1, 0.15) is 0 Å². The van der Waals surface area contributed by atoms with Gasteiger partial charge in [-0.25, -0.2) is 14.3 Å². The summed E-state index contributed by atoms with van der Waals surface area (Å²) < 4.78 is 6.53. The average Bonchev–Trinajstić information content (AvgIpc) is 2.96. The summed E-state index contributed by atoms with van der Waals surface area (Å²) in [5.41, 5.74) is -0.144. The topological polar surface area (TPSA) is 130 Å². The van der Waals surface area contributed by atoms with E-state index in [4.69, 9.17) is 9.84 Å². The molecule has 1 aromatic heterocycles. The lowest BCUT2D eigenvalue weighted by Crippen LogP contribution is -2.54. The average molecular weight is 299 g/mol. The number of carbonyl (C=O) groups is 2. The molecule has 1 atom stereocenters. The molecule has 21 heavy (non-hydrogen) atoms. The number of ether oxygens (including phenoxy) is 1. The molecule has 1 saturated heterocycles. The van der Waals surface area contributed by atoms with E-state index in [-0.39, 0.29) is 30.9 Å². The minimum absolute atomic E-state index is 0.144. The number of aliphatic hydroxyl groups excluding tert-OH is 1. The number of aromatic nitrogens is 3. The fourth-order valence-corrected chi connectivity index (χ4v) is 1.96. The summed E-state index contributed by atoms with van der Waals surface area (Å²) in [7, 11) is 0. The van der Waals surface area contributed by atoms with Crippen molar-refractivity contribution >= 4 is 12.0 Å².